The Balaban J connectivity index is 1.73. The number of aromatic nitrogens is 3. The van der Waals surface area contributed by atoms with Gasteiger partial charge in [-0.3, -0.25) is 14.4 Å². The Morgan fingerprint density at radius 2 is 1.92 bits per heavy atom. The third-order valence-corrected chi connectivity index (χ3v) is 6.31. The maximum Gasteiger partial charge on any atom is 0.419 e. The second-order valence-corrected chi connectivity index (χ2v) is 8.88. The van der Waals surface area contributed by atoms with Crippen LogP contribution >= 0.6 is 11.3 Å². The lowest BCUT2D eigenvalue weighted by Crippen LogP contribution is -2.29. The predicted octanol–water partition coefficient (Wildman–Crippen LogP) is 4.75. The lowest BCUT2D eigenvalue weighted by atomic mass is 10.1. The third kappa shape index (κ3) is 6.84. The van der Waals surface area contributed by atoms with Gasteiger partial charge in [-0.05, 0) is 38.0 Å². The van der Waals surface area contributed by atoms with Crippen LogP contribution in [0.4, 0.5) is 29.1 Å². The molecule has 9 nitrogen and oxygen atoms in total. The number of thiazole rings is 1. The summed E-state index contributed by atoms with van der Waals surface area (Å²) in [6.45, 7) is 3.60. The van der Waals surface area contributed by atoms with Crippen LogP contribution in [-0.2, 0) is 17.4 Å². The first kappa shape index (κ1) is 27.6. The number of rotatable bonds is 10. The zero-order valence-corrected chi connectivity index (χ0v) is 20.5. The van der Waals surface area contributed by atoms with Gasteiger partial charge in [0.15, 0.2) is 0 Å². The summed E-state index contributed by atoms with van der Waals surface area (Å²) >= 11 is 0.922. The molecule has 196 valence electrons. The molecule has 2 heterocycles. The maximum atomic E-state index is 13.5. The van der Waals surface area contributed by atoms with Crippen molar-refractivity contribution in [3.8, 4) is 0 Å². The number of carbonyl (C=O) groups is 3. The van der Waals surface area contributed by atoms with Crippen molar-refractivity contribution in [3.63, 3.8) is 0 Å². The van der Waals surface area contributed by atoms with E-state index in [1.54, 1.807) is 6.92 Å². The zero-order chi connectivity index (χ0) is 27.2. The summed E-state index contributed by atoms with van der Waals surface area (Å²) in [6.07, 6.45) is -0.0412. The second-order valence-electron chi connectivity index (χ2n) is 7.82. The van der Waals surface area contributed by atoms with Gasteiger partial charge >= 0.3 is 6.18 Å². The molecule has 0 fully saturated rings. The highest BCUT2D eigenvalue weighted by molar-refractivity contribution is 7.13. The number of nitrogens with zero attached hydrogens (tertiary/aromatic N) is 3. The average Bonchev–Trinajstić information content (AvgIpc) is 3.34. The molecular weight excluding hydrogens is 516 g/mol. The quantitative estimate of drug-likeness (QED) is 0.253. The van der Waals surface area contributed by atoms with Crippen LogP contribution in [0.2, 0.25) is 0 Å². The Morgan fingerprint density at radius 1 is 1.16 bits per heavy atom. The topological polar surface area (TPSA) is 126 Å². The molecule has 2 aromatic heterocycles. The number of benzene rings is 1. The van der Waals surface area contributed by atoms with E-state index < -0.39 is 35.4 Å². The van der Waals surface area contributed by atoms with Crippen molar-refractivity contribution in [3.05, 3.63) is 63.2 Å². The highest BCUT2D eigenvalue weighted by Gasteiger charge is 2.34. The van der Waals surface area contributed by atoms with Crippen LogP contribution in [0.1, 0.15) is 69.0 Å². The molecule has 1 unspecified atom stereocenters. The first-order chi connectivity index (χ1) is 17.5. The van der Waals surface area contributed by atoms with E-state index in [4.69, 9.17) is 0 Å². The molecule has 0 saturated carbocycles. The molecule has 3 amide bonds. The summed E-state index contributed by atoms with van der Waals surface area (Å²) in [7, 11) is 0. The molecule has 0 radical (unpaired) electrons. The highest BCUT2D eigenvalue weighted by atomic mass is 32.1. The largest absolute Gasteiger partial charge is 0.419 e. The van der Waals surface area contributed by atoms with Crippen molar-refractivity contribution < 1.29 is 31.9 Å². The van der Waals surface area contributed by atoms with Gasteiger partial charge in [-0.25, -0.2) is 19.3 Å². The molecule has 0 aliphatic carbocycles. The minimum Gasteiger partial charge on any atom is -0.342 e. The molecule has 0 bridgehead atoms. The molecule has 37 heavy (non-hydrogen) atoms. The predicted molar refractivity (Wildman–Crippen MR) is 128 cm³/mol. The molecule has 0 spiro atoms. The molecule has 1 atom stereocenters. The lowest BCUT2D eigenvalue weighted by Gasteiger charge is -2.15. The Bertz CT molecular complexity index is 1300. The number of halogens is 4. The molecule has 3 N–H and O–H groups in total. The van der Waals surface area contributed by atoms with Crippen molar-refractivity contribution in [2.24, 2.45) is 0 Å². The highest BCUT2D eigenvalue weighted by Crippen LogP contribution is 2.33. The van der Waals surface area contributed by atoms with Gasteiger partial charge in [0, 0.05) is 11.3 Å². The van der Waals surface area contributed by atoms with Crippen LogP contribution in [0.3, 0.4) is 0 Å². The molecule has 14 heteroatoms. The van der Waals surface area contributed by atoms with E-state index in [1.807, 2.05) is 6.92 Å². The van der Waals surface area contributed by atoms with Crippen LogP contribution < -0.4 is 16.0 Å². The smallest absolute Gasteiger partial charge is 0.342 e. The summed E-state index contributed by atoms with van der Waals surface area (Å²) in [5.74, 6) is -2.50. The first-order valence-electron chi connectivity index (χ1n) is 11.0. The molecule has 3 rings (SSSR count). The zero-order valence-electron chi connectivity index (χ0n) is 19.6. The van der Waals surface area contributed by atoms with E-state index in [0.717, 1.165) is 36.6 Å². The Labute approximate surface area is 212 Å². The molecule has 0 aliphatic heterocycles. The SMILES string of the molecule is CCCCc1c(NC=O)ncnc1C(=O)NC(C)c1ncc(C(=O)Nc2ccc(F)c(C(F)(F)F)c2)s1. The molecule has 0 saturated heterocycles. The molecule has 0 aliphatic rings. The van der Waals surface area contributed by atoms with Crippen LogP contribution in [0.5, 0.6) is 0 Å². The van der Waals surface area contributed by atoms with Gasteiger partial charge in [0.25, 0.3) is 11.8 Å². The fourth-order valence-corrected chi connectivity index (χ4v) is 4.13. The van der Waals surface area contributed by atoms with E-state index in [9.17, 15) is 31.9 Å². The lowest BCUT2D eigenvalue weighted by molar-refractivity contribution is -0.139. The first-order valence-corrected chi connectivity index (χ1v) is 11.9. The summed E-state index contributed by atoms with van der Waals surface area (Å²) in [5, 5.41) is 7.84. The third-order valence-electron chi connectivity index (χ3n) is 5.13. The van der Waals surface area contributed by atoms with Crippen LogP contribution in [0, 0.1) is 5.82 Å². The number of alkyl halides is 3. The van der Waals surface area contributed by atoms with E-state index in [2.05, 4.69) is 30.9 Å². The summed E-state index contributed by atoms with van der Waals surface area (Å²) < 4.78 is 52.3. The van der Waals surface area contributed by atoms with Gasteiger partial charge in [0.05, 0.1) is 17.8 Å². The van der Waals surface area contributed by atoms with Gasteiger partial charge in [-0.2, -0.15) is 13.2 Å². The normalized spacial score (nSPS) is 12.1. The summed E-state index contributed by atoms with van der Waals surface area (Å²) in [5.41, 5.74) is -1.16. The van der Waals surface area contributed by atoms with E-state index in [1.165, 1.54) is 6.20 Å². The van der Waals surface area contributed by atoms with Crippen LogP contribution in [0.15, 0.2) is 30.7 Å². The molecular formula is C23H22F4N6O3S. The monoisotopic (exact) mass is 538 g/mol. The number of hydrogen-bond donors (Lipinski definition) is 3. The van der Waals surface area contributed by atoms with Crippen LogP contribution in [0.25, 0.3) is 0 Å². The Kier molecular flexibility index (Phi) is 8.86. The fraction of sp³-hybridized carbons (Fsp3) is 0.304. The average molecular weight is 539 g/mol. The van der Waals surface area contributed by atoms with E-state index >= 15 is 0 Å². The van der Waals surface area contributed by atoms with E-state index in [-0.39, 0.29) is 22.1 Å². The Morgan fingerprint density at radius 3 is 2.59 bits per heavy atom. The van der Waals surface area contributed by atoms with Gasteiger partial charge in [0.2, 0.25) is 6.41 Å². The van der Waals surface area contributed by atoms with Crippen molar-refractivity contribution in [1.29, 1.82) is 0 Å². The maximum absolute atomic E-state index is 13.5. The minimum atomic E-state index is -4.92. The van der Waals surface area contributed by atoms with Gasteiger partial charge in [0.1, 0.15) is 33.5 Å². The van der Waals surface area contributed by atoms with Gasteiger partial charge in [-0.15, -0.1) is 11.3 Å². The van der Waals surface area contributed by atoms with E-state index in [0.29, 0.717) is 35.5 Å². The summed E-state index contributed by atoms with van der Waals surface area (Å²) in [6, 6.07) is 1.48. The van der Waals surface area contributed by atoms with Crippen molar-refractivity contribution in [2.75, 3.05) is 10.6 Å². The number of hydrogen-bond acceptors (Lipinski definition) is 7. The van der Waals surface area contributed by atoms with Gasteiger partial charge < -0.3 is 16.0 Å². The van der Waals surface area contributed by atoms with Crippen molar-refractivity contribution >= 4 is 41.1 Å². The number of anilines is 2. The summed E-state index contributed by atoms with van der Waals surface area (Å²) in [4.78, 5) is 48.7. The number of amides is 3. The fourth-order valence-electron chi connectivity index (χ4n) is 3.31. The van der Waals surface area contributed by atoms with Gasteiger partial charge in [-0.1, -0.05) is 13.3 Å². The number of carbonyl (C=O) groups excluding carboxylic acids is 3. The van der Waals surface area contributed by atoms with Crippen molar-refractivity contribution in [2.45, 2.75) is 45.3 Å². The number of unbranched alkanes of at least 4 members (excludes halogenated alkanes) is 1. The number of nitrogens with one attached hydrogen (secondary N) is 3. The Hall–Kier alpha value is -3.94. The molecule has 1 aromatic carbocycles. The standard InChI is InChI=1S/C23H22F4N6O3S/c1-3-4-5-14-18(29-10-30-19(14)31-11-34)21(36)32-12(2)22-28-9-17(37-22)20(35)33-13-6-7-16(24)15(8-13)23(25,26)27/h6-12H,3-5H2,1-2H3,(H,32,36)(H,33,35)(H,29,30,31,34). The van der Waals surface area contributed by atoms with Crippen molar-refractivity contribution in [1.82, 2.24) is 20.3 Å². The minimum absolute atomic E-state index is 0.0668. The second kappa shape index (κ2) is 11.9. The molecule has 3 aromatic rings. The van der Waals surface area contributed by atoms with Crippen LogP contribution in [-0.4, -0.2) is 33.2 Å².